The Morgan fingerprint density at radius 1 is 1.40 bits per heavy atom. The van der Waals surface area contributed by atoms with Crippen LogP contribution in [-0.4, -0.2) is 5.91 Å². The average Bonchev–Trinajstić information content (AvgIpc) is 2.27. The molecule has 0 spiro atoms. The molecule has 82 valence electrons. The highest BCUT2D eigenvalue weighted by atomic mass is 32.1. The molecule has 0 heterocycles. The van der Waals surface area contributed by atoms with Gasteiger partial charge in [0.05, 0.1) is 0 Å². The Morgan fingerprint density at radius 2 is 1.93 bits per heavy atom. The molecule has 0 aliphatic carbocycles. The molecule has 0 saturated carbocycles. The van der Waals surface area contributed by atoms with E-state index in [4.69, 9.17) is 5.84 Å². The molecule has 1 amide bonds. The van der Waals surface area contributed by atoms with Crippen LogP contribution in [0.25, 0.3) is 0 Å². The van der Waals surface area contributed by atoms with Gasteiger partial charge in [-0.05, 0) is 11.5 Å². The SMILES string of the molecule is CC(C)C(S)(C(=O)NN)c1ccccc1. The molecule has 0 saturated heterocycles. The van der Waals surface area contributed by atoms with Crippen LogP contribution in [-0.2, 0) is 9.54 Å². The van der Waals surface area contributed by atoms with Gasteiger partial charge in [0.2, 0.25) is 0 Å². The van der Waals surface area contributed by atoms with Crippen molar-refractivity contribution in [3.8, 4) is 0 Å². The van der Waals surface area contributed by atoms with Gasteiger partial charge in [0.25, 0.3) is 5.91 Å². The fraction of sp³-hybridized carbons (Fsp3) is 0.364. The number of hydrazine groups is 1. The van der Waals surface area contributed by atoms with E-state index in [0.717, 1.165) is 5.56 Å². The summed E-state index contributed by atoms with van der Waals surface area (Å²) in [6, 6.07) is 9.42. The van der Waals surface area contributed by atoms with E-state index in [2.05, 4.69) is 18.1 Å². The van der Waals surface area contributed by atoms with Crippen LogP contribution in [0, 0.1) is 5.92 Å². The molecule has 3 N–H and O–H groups in total. The summed E-state index contributed by atoms with van der Waals surface area (Å²) >= 11 is 4.49. The number of amides is 1. The summed E-state index contributed by atoms with van der Waals surface area (Å²) < 4.78 is -0.879. The molecule has 1 aromatic rings. The van der Waals surface area contributed by atoms with Gasteiger partial charge in [0.15, 0.2) is 0 Å². The second kappa shape index (κ2) is 4.68. The van der Waals surface area contributed by atoms with Crippen LogP contribution in [0.5, 0.6) is 0 Å². The van der Waals surface area contributed by atoms with Crippen LogP contribution in [0.2, 0.25) is 0 Å². The normalized spacial score (nSPS) is 14.7. The summed E-state index contributed by atoms with van der Waals surface area (Å²) in [5, 5.41) is 0. The minimum Gasteiger partial charge on any atom is -0.293 e. The lowest BCUT2D eigenvalue weighted by atomic mass is 9.86. The number of carbonyl (C=O) groups is 1. The maximum absolute atomic E-state index is 11.8. The highest BCUT2D eigenvalue weighted by Gasteiger charge is 2.39. The minimum atomic E-state index is -0.879. The van der Waals surface area contributed by atoms with Crippen molar-refractivity contribution in [3.05, 3.63) is 35.9 Å². The van der Waals surface area contributed by atoms with Gasteiger partial charge in [-0.2, -0.15) is 12.6 Å². The third kappa shape index (κ3) is 2.16. The first-order valence-corrected chi connectivity index (χ1v) is 5.27. The van der Waals surface area contributed by atoms with Crippen molar-refractivity contribution in [2.24, 2.45) is 11.8 Å². The van der Waals surface area contributed by atoms with E-state index < -0.39 is 4.75 Å². The highest BCUT2D eigenvalue weighted by Crippen LogP contribution is 2.36. The summed E-state index contributed by atoms with van der Waals surface area (Å²) in [5.41, 5.74) is 3.02. The van der Waals surface area contributed by atoms with Crippen LogP contribution >= 0.6 is 12.6 Å². The van der Waals surface area contributed by atoms with Gasteiger partial charge in [0.1, 0.15) is 4.75 Å². The second-order valence-electron chi connectivity index (χ2n) is 3.76. The summed E-state index contributed by atoms with van der Waals surface area (Å²) in [7, 11) is 0. The van der Waals surface area contributed by atoms with Gasteiger partial charge < -0.3 is 0 Å². The molecule has 1 atom stereocenters. The van der Waals surface area contributed by atoms with Gasteiger partial charge >= 0.3 is 0 Å². The first-order chi connectivity index (χ1) is 7.03. The summed E-state index contributed by atoms with van der Waals surface area (Å²) in [6.07, 6.45) is 0. The number of carbonyl (C=O) groups excluding carboxylic acids is 1. The Bertz CT molecular complexity index is 340. The van der Waals surface area contributed by atoms with Gasteiger partial charge in [-0.15, -0.1) is 0 Å². The molecular formula is C11H16N2OS. The van der Waals surface area contributed by atoms with Crippen molar-refractivity contribution >= 4 is 18.5 Å². The zero-order valence-corrected chi connectivity index (χ0v) is 9.79. The molecule has 1 aromatic carbocycles. The lowest BCUT2D eigenvalue weighted by Gasteiger charge is -2.30. The van der Waals surface area contributed by atoms with E-state index in [1.807, 2.05) is 44.2 Å². The summed E-state index contributed by atoms with van der Waals surface area (Å²) in [4.78, 5) is 11.8. The van der Waals surface area contributed by atoms with Crippen LogP contribution in [0.15, 0.2) is 30.3 Å². The number of thiol groups is 1. The molecule has 1 unspecified atom stereocenters. The van der Waals surface area contributed by atoms with E-state index >= 15 is 0 Å². The molecular weight excluding hydrogens is 208 g/mol. The first-order valence-electron chi connectivity index (χ1n) is 4.82. The van der Waals surface area contributed by atoms with Crippen LogP contribution in [0.3, 0.4) is 0 Å². The lowest BCUT2D eigenvalue weighted by molar-refractivity contribution is -0.124. The number of hydrogen-bond donors (Lipinski definition) is 3. The van der Waals surface area contributed by atoms with E-state index in [1.165, 1.54) is 0 Å². The van der Waals surface area contributed by atoms with Crippen molar-refractivity contribution in [1.82, 2.24) is 5.43 Å². The summed E-state index contributed by atoms with van der Waals surface area (Å²) in [5.74, 6) is 4.95. The molecule has 0 aliphatic heterocycles. The van der Waals surface area contributed by atoms with E-state index in [0.29, 0.717) is 0 Å². The monoisotopic (exact) mass is 224 g/mol. The summed E-state index contributed by atoms with van der Waals surface area (Å²) in [6.45, 7) is 3.88. The lowest BCUT2D eigenvalue weighted by Crippen LogP contribution is -2.47. The molecule has 4 heteroatoms. The number of nitrogens with one attached hydrogen (secondary N) is 1. The largest absolute Gasteiger partial charge is 0.293 e. The van der Waals surface area contributed by atoms with Gasteiger partial charge in [-0.3, -0.25) is 10.2 Å². The Morgan fingerprint density at radius 3 is 2.33 bits per heavy atom. The molecule has 0 bridgehead atoms. The van der Waals surface area contributed by atoms with Crippen molar-refractivity contribution in [3.63, 3.8) is 0 Å². The molecule has 0 aromatic heterocycles. The highest BCUT2D eigenvalue weighted by molar-refractivity contribution is 7.82. The fourth-order valence-electron chi connectivity index (χ4n) is 1.53. The minimum absolute atomic E-state index is 0.0479. The zero-order valence-electron chi connectivity index (χ0n) is 8.90. The van der Waals surface area contributed by atoms with E-state index in [1.54, 1.807) is 0 Å². The van der Waals surface area contributed by atoms with Gasteiger partial charge in [0, 0.05) is 0 Å². The third-order valence-electron chi connectivity index (χ3n) is 2.53. The van der Waals surface area contributed by atoms with Crippen LogP contribution in [0.4, 0.5) is 0 Å². The Balaban J connectivity index is 3.19. The molecule has 1 rings (SSSR count). The topological polar surface area (TPSA) is 55.1 Å². The van der Waals surface area contributed by atoms with Crippen molar-refractivity contribution in [2.45, 2.75) is 18.6 Å². The molecule has 0 radical (unpaired) electrons. The number of nitrogens with two attached hydrogens (primary N) is 1. The van der Waals surface area contributed by atoms with Crippen LogP contribution in [0.1, 0.15) is 19.4 Å². The van der Waals surface area contributed by atoms with E-state index in [-0.39, 0.29) is 11.8 Å². The third-order valence-corrected chi connectivity index (χ3v) is 3.50. The average molecular weight is 224 g/mol. The maximum atomic E-state index is 11.8. The number of hydrogen-bond acceptors (Lipinski definition) is 3. The first kappa shape index (κ1) is 12.1. The van der Waals surface area contributed by atoms with Crippen molar-refractivity contribution in [2.75, 3.05) is 0 Å². The zero-order chi connectivity index (χ0) is 11.5. The quantitative estimate of drug-likeness (QED) is 0.315. The van der Waals surface area contributed by atoms with E-state index in [9.17, 15) is 4.79 Å². The van der Waals surface area contributed by atoms with Gasteiger partial charge in [-0.25, -0.2) is 5.84 Å². The Hall–Kier alpha value is -1.00. The molecule has 0 aliphatic rings. The number of rotatable bonds is 3. The predicted octanol–water partition coefficient (Wildman–Crippen LogP) is 1.46. The van der Waals surface area contributed by atoms with Gasteiger partial charge in [-0.1, -0.05) is 44.2 Å². The Kier molecular flexibility index (Phi) is 3.77. The predicted molar refractivity (Wildman–Crippen MR) is 64.3 cm³/mol. The smallest absolute Gasteiger partial charge is 0.254 e. The van der Waals surface area contributed by atoms with Crippen molar-refractivity contribution < 1.29 is 4.79 Å². The maximum Gasteiger partial charge on any atom is 0.254 e. The second-order valence-corrected chi connectivity index (χ2v) is 4.47. The molecule has 0 fully saturated rings. The standard InChI is InChI=1S/C11H16N2OS/c1-8(2)11(15,10(14)13-12)9-6-4-3-5-7-9/h3-8,15H,12H2,1-2H3,(H,13,14). The molecule has 15 heavy (non-hydrogen) atoms. The van der Waals surface area contributed by atoms with Crippen LogP contribution < -0.4 is 11.3 Å². The fourth-order valence-corrected chi connectivity index (χ4v) is 1.74. The number of benzene rings is 1. The van der Waals surface area contributed by atoms with Crippen molar-refractivity contribution in [1.29, 1.82) is 0 Å². The Labute approximate surface area is 95.4 Å². The molecule has 3 nitrogen and oxygen atoms in total.